The molecule has 0 radical (unpaired) electrons. The van der Waals surface area contributed by atoms with Gasteiger partial charge in [-0.25, -0.2) is 0 Å². The summed E-state index contributed by atoms with van der Waals surface area (Å²) in [5, 5.41) is 0.414. The van der Waals surface area contributed by atoms with Gasteiger partial charge < -0.3 is 13.9 Å². The summed E-state index contributed by atoms with van der Waals surface area (Å²) >= 11 is 3.45. The highest BCUT2D eigenvalue weighted by molar-refractivity contribution is 9.10. The topological polar surface area (TPSA) is 69.0 Å². The van der Waals surface area contributed by atoms with Crippen molar-refractivity contribution in [1.82, 2.24) is 0 Å². The maximum atomic E-state index is 13.9. The van der Waals surface area contributed by atoms with Gasteiger partial charge in [0.25, 0.3) is 5.91 Å². The average Bonchev–Trinajstić information content (AvgIpc) is 3.17. The lowest BCUT2D eigenvalue weighted by atomic mass is 9.97. The number of anilines is 1. The first-order chi connectivity index (χ1) is 17.7. The number of ether oxygens (including phenoxy) is 2. The average molecular weight is 562 g/mol. The van der Waals surface area contributed by atoms with Crippen LogP contribution in [0.5, 0.6) is 11.5 Å². The van der Waals surface area contributed by atoms with E-state index in [-0.39, 0.29) is 17.1 Å². The number of rotatable bonds is 6. The minimum absolute atomic E-state index is 0.0575. The van der Waals surface area contributed by atoms with E-state index in [0.29, 0.717) is 46.2 Å². The fraction of sp³-hybridized carbons (Fsp3) is 0.267. The van der Waals surface area contributed by atoms with Crippen molar-refractivity contribution < 1.29 is 18.7 Å². The number of carbonyl (C=O) groups is 1. The van der Waals surface area contributed by atoms with Gasteiger partial charge in [0.2, 0.25) is 5.76 Å². The van der Waals surface area contributed by atoms with Crippen molar-refractivity contribution in [2.24, 2.45) is 5.92 Å². The molecule has 190 valence electrons. The summed E-state index contributed by atoms with van der Waals surface area (Å²) in [6, 6.07) is 15.9. The van der Waals surface area contributed by atoms with Crippen LogP contribution in [0.1, 0.15) is 52.7 Å². The minimum atomic E-state index is -0.697. The highest BCUT2D eigenvalue weighted by atomic mass is 79.9. The molecule has 0 bridgehead atoms. The molecule has 1 amide bonds. The van der Waals surface area contributed by atoms with E-state index in [1.165, 1.54) is 0 Å². The zero-order valence-corrected chi connectivity index (χ0v) is 23.0. The highest BCUT2D eigenvalue weighted by Crippen LogP contribution is 2.43. The standard InChI is InChI=1S/C30H28BrNO5/c1-16(2)15-36-24-10-7-19(13-25(24)35-5)27-26-28(33)22-14-20(31)8-11-23(22)37-29(26)30(34)32(27)21-9-6-17(3)18(4)12-21/h6-14,16,27H,15H2,1-5H3. The molecule has 6 nitrogen and oxygen atoms in total. The number of carbonyl (C=O) groups excluding carboxylic acids is 1. The van der Waals surface area contributed by atoms with Crippen molar-refractivity contribution >= 4 is 38.5 Å². The summed E-state index contributed by atoms with van der Waals surface area (Å²) in [4.78, 5) is 29.4. The van der Waals surface area contributed by atoms with E-state index < -0.39 is 6.04 Å². The lowest BCUT2D eigenvalue weighted by Gasteiger charge is -2.26. The molecule has 37 heavy (non-hydrogen) atoms. The van der Waals surface area contributed by atoms with E-state index in [1.54, 1.807) is 30.2 Å². The van der Waals surface area contributed by atoms with Crippen LogP contribution in [0.25, 0.3) is 11.0 Å². The molecule has 1 aliphatic rings. The van der Waals surface area contributed by atoms with Gasteiger partial charge >= 0.3 is 0 Å². The second-order valence-corrected chi connectivity index (χ2v) is 10.7. The van der Waals surface area contributed by atoms with E-state index >= 15 is 0 Å². The van der Waals surface area contributed by atoms with Gasteiger partial charge in [0.1, 0.15) is 5.58 Å². The number of amides is 1. The Morgan fingerprint density at radius 2 is 1.76 bits per heavy atom. The van der Waals surface area contributed by atoms with Gasteiger partial charge in [-0.15, -0.1) is 0 Å². The number of hydrogen-bond donors (Lipinski definition) is 0. The monoisotopic (exact) mass is 561 g/mol. The van der Waals surface area contributed by atoms with Crippen LogP contribution in [-0.4, -0.2) is 19.6 Å². The van der Waals surface area contributed by atoms with E-state index in [1.807, 2.05) is 50.2 Å². The molecule has 4 aromatic rings. The van der Waals surface area contributed by atoms with E-state index in [0.717, 1.165) is 21.2 Å². The molecule has 2 heterocycles. The number of benzene rings is 3. The molecule has 5 rings (SSSR count). The minimum Gasteiger partial charge on any atom is -0.493 e. The van der Waals surface area contributed by atoms with Gasteiger partial charge in [0, 0.05) is 10.2 Å². The Labute approximate surface area is 223 Å². The largest absolute Gasteiger partial charge is 0.493 e. The number of nitrogens with zero attached hydrogens (tertiary/aromatic N) is 1. The third kappa shape index (κ3) is 4.42. The molecule has 1 aliphatic heterocycles. The van der Waals surface area contributed by atoms with Crippen LogP contribution >= 0.6 is 15.9 Å². The molecule has 1 unspecified atom stereocenters. The first-order valence-electron chi connectivity index (χ1n) is 12.2. The fourth-order valence-corrected chi connectivity index (χ4v) is 4.99. The molecule has 0 aliphatic carbocycles. The zero-order chi connectivity index (χ0) is 26.4. The molecule has 3 aromatic carbocycles. The molecule has 0 N–H and O–H groups in total. The smallest absolute Gasteiger partial charge is 0.295 e. The fourth-order valence-electron chi connectivity index (χ4n) is 4.63. The van der Waals surface area contributed by atoms with Crippen molar-refractivity contribution in [2.45, 2.75) is 33.7 Å². The Morgan fingerprint density at radius 3 is 2.46 bits per heavy atom. The summed E-state index contributed by atoms with van der Waals surface area (Å²) in [6.07, 6.45) is 0. The normalized spacial score (nSPS) is 14.9. The lowest BCUT2D eigenvalue weighted by Crippen LogP contribution is -2.29. The van der Waals surface area contributed by atoms with Crippen LogP contribution in [0, 0.1) is 19.8 Å². The van der Waals surface area contributed by atoms with Gasteiger partial charge in [-0.1, -0.05) is 41.9 Å². The first kappa shape index (κ1) is 25.1. The Kier molecular flexibility index (Phi) is 6.58. The highest BCUT2D eigenvalue weighted by Gasteiger charge is 2.44. The predicted molar refractivity (Wildman–Crippen MR) is 148 cm³/mol. The summed E-state index contributed by atoms with van der Waals surface area (Å²) in [6.45, 7) is 8.71. The number of halogens is 1. The van der Waals surface area contributed by atoms with Crippen LogP contribution in [0.15, 0.2) is 68.3 Å². The van der Waals surface area contributed by atoms with Crippen LogP contribution in [-0.2, 0) is 0 Å². The van der Waals surface area contributed by atoms with E-state index in [9.17, 15) is 9.59 Å². The molecule has 1 atom stereocenters. The van der Waals surface area contributed by atoms with E-state index in [2.05, 4.69) is 29.8 Å². The number of fused-ring (bicyclic) bond motifs is 2. The van der Waals surface area contributed by atoms with Crippen LogP contribution in [0.2, 0.25) is 0 Å². The molecule has 0 saturated heterocycles. The quantitative estimate of drug-likeness (QED) is 0.254. The SMILES string of the molecule is COc1cc(C2c3c(oc4ccc(Br)cc4c3=O)C(=O)N2c2ccc(C)c(C)c2)ccc1OCC(C)C. The second-order valence-electron chi connectivity index (χ2n) is 9.78. The second kappa shape index (κ2) is 9.71. The Morgan fingerprint density at radius 1 is 0.973 bits per heavy atom. The van der Waals surface area contributed by atoms with Crippen molar-refractivity contribution in [3.8, 4) is 11.5 Å². The van der Waals surface area contributed by atoms with Gasteiger partial charge in [0.15, 0.2) is 16.9 Å². The number of aryl methyl sites for hydroxylation is 2. The summed E-state index contributed by atoms with van der Waals surface area (Å²) in [5.74, 6) is 1.19. The van der Waals surface area contributed by atoms with Crippen molar-refractivity contribution in [1.29, 1.82) is 0 Å². The van der Waals surface area contributed by atoms with Gasteiger partial charge in [0.05, 0.1) is 30.7 Å². The van der Waals surface area contributed by atoms with Crippen molar-refractivity contribution in [3.05, 3.63) is 97.3 Å². The zero-order valence-electron chi connectivity index (χ0n) is 21.4. The number of hydrogen-bond acceptors (Lipinski definition) is 5. The first-order valence-corrected chi connectivity index (χ1v) is 13.0. The number of methoxy groups -OCH3 is 1. The molecule has 7 heteroatoms. The molecule has 0 saturated carbocycles. The maximum Gasteiger partial charge on any atom is 0.295 e. The molecule has 0 spiro atoms. The Bertz CT molecular complexity index is 1590. The maximum absolute atomic E-state index is 13.9. The third-order valence-electron chi connectivity index (χ3n) is 6.68. The molecular formula is C30H28BrNO5. The van der Waals surface area contributed by atoms with Crippen molar-refractivity contribution in [2.75, 3.05) is 18.6 Å². The molecule has 0 fully saturated rings. The van der Waals surface area contributed by atoms with Crippen LogP contribution in [0.4, 0.5) is 5.69 Å². The van der Waals surface area contributed by atoms with Gasteiger partial charge in [-0.2, -0.15) is 0 Å². The summed E-state index contributed by atoms with van der Waals surface area (Å²) in [5.41, 5.74) is 4.02. The van der Waals surface area contributed by atoms with Crippen LogP contribution < -0.4 is 19.8 Å². The molecular weight excluding hydrogens is 534 g/mol. The van der Waals surface area contributed by atoms with E-state index in [4.69, 9.17) is 13.9 Å². The summed E-state index contributed by atoms with van der Waals surface area (Å²) in [7, 11) is 1.58. The molecule has 1 aromatic heterocycles. The Balaban J connectivity index is 1.74. The summed E-state index contributed by atoms with van der Waals surface area (Å²) < 4.78 is 18.4. The van der Waals surface area contributed by atoms with Crippen molar-refractivity contribution in [3.63, 3.8) is 0 Å². The van der Waals surface area contributed by atoms with Crippen LogP contribution in [0.3, 0.4) is 0 Å². The van der Waals surface area contributed by atoms with Gasteiger partial charge in [-0.05, 0) is 78.9 Å². The predicted octanol–water partition coefficient (Wildman–Crippen LogP) is 6.97. The van der Waals surface area contributed by atoms with Gasteiger partial charge in [-0.3, -0.25) is 14.5 Å². The third-order valence-corrected chi connectivity index (χ3v) is 7.17. The lowest BCUT2D eigenvalue weighted by molar-refractivity contribution is 0.0971. The Hall–Kier alpha value is -3.58.